The van der Waals surface area contributed by atoms with Gasteiger partial charge in [0.1, 0.15) is 5.69 Å². The van der Waals surface area contributed by atoms with Gasteiger partial charge in [-0.15, -0.1) is 9.36 Å². The monoisotopic (exact) mass is 269 g/mol. The van der Waals surface area contributed by atoms with E-state index in [4.69, 9.17) is 0 Å². The van der Waals surface area contributed by atoms with Gasteiger partial charge in [-0.25, -0.2) is 0 Å². The number of hydrogen-bond acceptors (Lipinski definition) is 0. The summed E-state index contributed by atoms with van der Waals surface area (Å²) >= 11 is 0. The number of nitrogens with zero attached hydrogens (tertiary/aromatic N) is 2. The number of hydrogen-bond donors (Lipinski definition) is 0. The molecule has 0 N–H and O–H groups in total. The van der Waals surface area contributed by atoms with Crippen molar-refractivity contribution in [1.82, 2.24) is 4.68 Å². The molecule has 20 heavy (non-hydrogen) atoms. The van der Waals surface area contributed by atoms with Crippen LogP contribution >= 0.6 is 0 Å². The Morgan fingerprint density at radius 2 is 1.65 bits per heavy atom. The predicted molar refractivity (Wildman–Crippen MR) is 82.5 cm³/mol. The Kier molecular flexibility index (Phi) is 2.51. The second-order valence-electron chi connectivity index (χ2n) is 7.23. The summed E-state index contributed by atoms with van der Waals surface area (Å²) in [6, 6.07) is 9.04. The van der Waals surface area contributed by atoms with E-state index in [1.165, 1.54) is 28.2 Å². The molecule has 0 aliphatic carbocycles. The molecule has 0 spiro atoms. The van der Waals surface area contributed by atoms with Gasteiger partial charge in [-0.3, -0.25) is 0 Å². The first-order valence-corrected chi connectivity index (χ1v) is 7.39. The molecular formula is C18H25N2+. The fraction of sp³-hybridized carbons (Fsp3) is 0.500. The Balaban J connectivity index is 2.51. The third kappa shape index (κ3) is 1.37. The van der Waals surface area contributed by atoms with E-state index in [0.29, 0.717) is 0 Å². The topological polar surface area (TPSA) is 8.81 Å². The van der Waals surface area contributed by atoms with Gasteiger partial charge in [-0.2, -0.15) is 0 Å². The summed E-state index contributed by atoms with van der Waals surface area (Å²) < 4.78 is 4.68. The smallest absolute Gasteiger partial charge is 0.124 e. The molecule has 106 valence electrons. The van der Waals surface area contributed by atoms with Crippen LogP contribution in [-0.2, 0) is 17.9 Å². The van der Waals surface area contributed by atoms with Gasteiger partial charge in [-0.1, -0.05) is 45.9 Å². The van der Waals surface area contributed by atoms with Gasteiger partial charge in [-0.05, 0) is 18.1 Å². The molecule has 2 heterocycles. The average molecular weight is 269 g/mol. The zero-order chi connectivity index (χ0) is 14.9. The van der Waals surface area contributed by atoms with Crippen molar-refractivity contribution in [2.24, 2.45) is 7.05 Å². The summed E-state index contributed by atoms with van der Waals surface area (Å²) in [5, 5.41) is 0. The van der Waals surface area contributed by atoms with Crippen molar-refractivity contribution >= 4 is 0 Å². The van der Waals surface area contributed by atoms with Crippen molar-refractivity contribution in [3.05, 3.63) is 46.8 Å². The molecule has 1 aliphatic rings. The lowest BCUT2D eigenvalue weighted by atomic mass is 9.60. The van der Waals surface area contributed by atoms with Gasteiger partial charge in [0.15, 0.2) is 7.05 Å². The number of rotatable bonds is 0. The Bertz CT molecular complexity index is 702. The van der Waals surface area contributed by atoms with Gasteiger partial charge in [0.2, 0.25) is 5.69 Å². The van der Waals surface area contributed by atoms with E-state index < -0.39 is 0 Å². The lowest BCUT2D eigenvalue weighted by Gasteiger charge is -2.46. The molecular weight excluding hydrogens is 244 g/mol. The number of para-hydroxylation sites is 1. The molecule has 2 heteroatoms. The van der Waals surface area contributed by atoms with Crippen LogP contribution in [0.5, 0.6) is 0 Å². The van der Waals surface area contributed by atoms with E-state index in [-0.39, 0.29) is 10.8 Å². The maximum absolute atomic E-state index is 2.41. The molecule has 0 saturated carbocycles. The molecule has 2 nitrogen and oxygen atoms in total. The van der Waals surface area contributed by atoms with Crippen molar-refractivity contribution in [2.45, 2.75) is 52.4 Å². The number of fused-ring (bicyclic) bond motifs is 3. The van der Waals surface area contributed by atoms with Crippen LogP contribution in [0.15, 0.2) is 24.3 Å². The van der Waals surface area contributed by atoms with Gasteiger partial charge >= 0.3 is 0 Å². The van der Waals surface area contributed by atoms with Crippen LogP contribution in [0.4, 0.5) is 0 Å². The molecule has 0 fully saturated rings. The van der Waals surface area contributed by atoms with Crippen LogP contribution < -0.4 is 4.68 Å². The Hall–Kier alpha value is -1.57. The molecule has 0 saturated heterocycles. The first-order chi connectivity index (χ1) is 9.19. The molecule has 1 aromatic carbocycles. The molecule has 0 bridgehead atoms. The third-order valence-electron chi connectivity index (χ3n) is 5.71. The summed E-state index contributed by atoms with van der Waals surface area (Å²) in [5.41, 5.74) is 7.08. The number of aromatic nitrogens is 2. The lowest BCUT2D eigenvalue weighted by molar-refractivity contribution is -0.750. The Morgan fingerprint density at radius 1 is 1.00 bits per heavy atom. The highest BCUT2D eigenvalue weighted by molar-refractivity contribution is 5.56. The summed E-state index contributed by atoms with van der Waals surface area (Å²) in [6.07, 6.45) is 0. The molecule has 0 amide bonds. The minimum atomic E-state index is 0.0970. The van der Waals surface area contributed by atoms with E-state index >= 15 is 0 Å². The first-order valence-electron chi connectivity index (χ1n) is 7.39. The van der Waals surface area contributed by atoms with Gasteiger partial charge in [0.05, 0.1) is 5.69 Å². The van der Waals surface area contributed by atoms with Crippen molar-refractivity contribution < 1.29 is 4.68 Å². The number of aryl methyl sites for hydroxylation is 2. The molecule has 3 rings (SSSR count). The molecule has 1 aliphatic heterocycles. The van der Waals surface area contributed by atoms with Crippen molar-refractivity contribution in [1.29, 1.82) is 0 Å². The van der Waals surface area contributed by atoms with Crippen LogP contribution in [0.25, 0.3) is 5.69 Å². The van der Waals surface area contributed by atoms with Crippen molar-refractivity contribution in [3.8, 4) is 5.69 Å². The highest BCUT2D eigenvalue weighted by Gasteiger charge is 2.49. The normalized spacial score (nSPS) is 18.6. The largest absolute Gasteiger partial charge is 0.205 e. The number of benzene rings is 1. The summed E-state index contributed by atoms with van der Waals surface area (Å²) in [6.45, 7) is 13.9. The predicted octanol–water partition coefficient (Wildman–Crippen LogP) is 3.49. The zero-order valence-corrected chi connectivity index (χ0v) is 13.7. The van der Waals surface area contributed by atoms with E-state index in [1.807, 2.05) is 0 Å². The quantitative estimate of drug-likeness (QED) is 0.647. The average Bonchev–Trinajstić information content (AvgIpc) is 2.65. The molecule has 0 atom stereocenters. The van der Waals surface area contributed by atoms with Crippen LogP contribution in [0.1, 0.15) is 50.2 Å². The standard InChI is InChI=1S/C18H25N2/c1-12-9-8-10-14-16(12)20-15(11-13(2)19(20)7)18(5,6)17(14,3)4/h8-11H,1-7H3/q+1. The van der Waals surface area contributed by atoms with Gasteiger partial charge in [0, 0.05) is 23.8 Å². The van der Waals surface area contributed by atoms with Crippen LogP contribution in [-0.4, -0.2) is 4.68 Å². The van der Waals surface area contributed by atoms with Crippen LogP contribution in [0.2, 0.25) is 0 Å². The van der Waals surface area contributed by atoms with E-state index in [0.717, 1.165) is 0 Å². The summed E-state index contributed by atoms with van der Waals surface area (Å²) in [5.74, 6) is 0. The highest BCUT2D eigenvalue weighted by Crippen LogP contribution is 2.50. The minimum absolute atomic E-state index is 0.0970. The third-order valence-corrected chi connectivity index (χ3v) is 5.71. The van der Waals surface area contributed by atoms with Crippen LogP contribution in [0, 0.1) is 13.8 Å². The zero-order valence-electron chi connectivity index (χ0n) is 13.7. The lowest BCUT2D eigenvalue weighted by Crippen LogP contribution is -2.51. The van der Waals surface area contributed by atoms with Crippen molar-refractivity contribution in [2.75, 3.05) is 0 Å². The Labute approximate surface area is 122 Å². The van der Waals surface area contributed by atoms with Gasteiger partial charge in [0.25, 0.3) is 0 Å². The summed E-state index contributed by atoms with van der Waals surface area (Å²) in [7, 11) is 2.16. The van der Waals surface area contributed by atoms with E-state index in [1.54, 1.807) is 0 Å². The highest BCUT2D eigenvalue weighted by atomic mass is 15.4. The second kappa shape index (κ2) is 3.75. The van der Waals surface area contributed by atoms with E-state index in [2.05, 4.69) is 82.2 Å². The molecule has 0 radical (unpaired) electrons. The molecule has 0 unspecified atom stereocenters. The van der Waals surface area contributed by atoms with Crippen LogP contribution in [0.3, 0.4) is 0 Å². The van der Waals surface area contributed by atoms with Gasteiger partial charge < -0.3 is 0 Å². The Morgan fingerprint density at radius 3 is 2.30 bits per heavy atom. The van der Waals surface area contributed by atoms with E-state index in [9.17, 15) is 0 Å². The summed E-state index contributed by atoms with van der Waals surface area (Å²) in [4.78, 5) is 0. The maximum Gasteiger partial charge on any atom is 0.205 e. The minimum Gasteiger partial charge on any atom is -0.124 e. The van der Waals surface area contributed by atoms with Crippen molar-refractivity contribution in [3.63, 3.8) is 0 Å². The molecule has 1 aromatic heterocycles. The second-order valence-corrected chi connectivity index (χ2v) is 7.23. The SMILES string of the molecule is Cc1cccc2c1-n1c(cc(C)[n+]1C)C(C)(C)C2(C)C. The first kappa shape index (κ1) is 13.4. The fourth-order valence-corrected chi connectivity index (χ4v) is 3.49. The fourth-order valence-electron chi connectivity index (χ4n) is 3.49. The maximum atomic E-state index is 2.41. The molecule has 2 aromatic rings.